The van der Waals surface area contributed by atoms with Gasteiger partial charge in [0.05, 0.1) is 12.7 Å². The van der Waals surface area contributed by atoms with E-state index in [0.29, 0.717) is 23.7 Å². The number of hydrogen-bond donors (Lipinski definition) is 1. The van der Waals surface area contributed by atoms with Gasteiger partial charge in [-0.1, -0.05) is 0 Å². The van der Waals surface area contributed by atoms with Crippen LogP contribution in [0.4, 0.5) is 0 Å². The average Bonchev–Trinajstić information content (AvgIpc) is 2.80. The molecule has 0 radical (unpaired) electrons. The molecule has 1 aliphatic heterocycles. The van der Waals surface area contributed by atoms with Gasteiger partial charge in [0.2, 0.25) is 12.5 Å². The van der Waals surface area contributed by atoms with Gasteiger partial charge >= 0.3 is 0 Å². The third kappa shape index (κ3) is 1.59. The van der Waals surface area contributed by atoms with Gasteiger partial charge < -0.3 is 19.3 Å². The van der Waals surface area contributed by atoms with Gasteiger partial charge in [-0.15, -0.1) is 0 Å². The van der Waals surface area contributed by atoms with Gasteiger partial charge in [0.25, 0.3) is 0 Å². The molecule has 0 bridgehead atoms. The third-order valence-corrected chi connectivity index (χ3v) is 3.08. The lowest BCUT2D eigenvalue weighted by molar-refractivity contribution is 0.151. The molecule has 3 rings (SSSR count). The van der Waals surface area contributed by atoms with Crippen LogP contribution in [0.2, 0.25) is 0 Å². The second-order valence-corrected chi connectivity index (χ2v) is 4.43. The Labute approximate surface area is 93.7 Å². The summed E-state index contributed by atoms with van der Waals surface area (Å²) in [6.45, 7) is 0.236. The summed E-state index contributed by atoms with van der Waals surface area (Å²) in [4.78, 5) is 0. The van der Waals surface area contributed by atoms with Crippen LogP contribution in [-0.4, -0.2) is 24.6 Å². The second-order valence-electron chi connectivity index (χ2n) is 4.43. The highest BCUT2D eigenvalue weighted by Crippen LogP contribution is 2.44. The molecule has 0 spiro atoms. The predicted molar refractivity (Wildman–Crippen MR) is 57.0 cm³/mol. The fourth-order valence-electron chi connectivity index (χ4n) is 1.99. The van der Waals surface area contributed by atoms with Crippen molar-refractivity contribution in [1.82, 2.24) is 0 Å². The van der Waals surface area contributed by atoms with Crippen molar-refractivity contribution in [2.24, 2.45) is 0 Å². The maximum atomic E-state index is 9.88. The number of methoxy groups -OCH3 is 1. The molecule has 1 fully saturated rings. The van der Waals surface area contributed by atoms with Crippen LogP contribution >= 0.6 is 0 Å². The van der Waals surface area contributed by atoms with Gasteiger partial charge in [-0.05, 0) is 30.5 Å². The van der Waals surface area contributed by atoms with E-state index in [-0.39, 0.29) is 6.79 Å². The van der Waals surface area contributed by atoms with Gasteiger partial charge in [0.1, 0.15) is 0 Å². The van der Waals surface area contributed by atoms with E-state index in [9.17, 15) is 5.11 Å². The van der Waals surface area contributed by atoms with Gasteiger partial charge in [0, 0.05) is 6.42 Å². The maximum absolute atomic E-state index is 9.88. The normalized spacial score (nSPS) is 19.6. The first kappa shape index (κ1) is 9.78. The monoisotopic (exact) mass is 222 g/mol. The van der Waals surface area contributed by atoms with Crippen molar-refractivity contribution in [3.05, 3.63) is 17.7 Å². The molecule has 86 valence electrons. The minimum atomic E-state index is -0.501. The molecule has 0 saturated heterocycles. The first-order chi connectivity index (χ1) is 7.70. The van der Waals surface area contributed by atoms with Gasteiger partial charge in [-0.2, -0.15) is 0 Å². The standard InChI is InChI=1S/C12H14O4/c1-14-9-4-8(6-12(13)2-3-12)5-10-11(9)16-7-15-10/h4-5,13H,2-3,6-7H2,1H3. The zero-order chi connectivity index (χ0) is 11.2. The lowest BCUT2D eigenvalue weighted by Gasteiger charge is -2.10. The van der Waals surface area contributed by atoms with Crippen LogP contribution < -0.4 is 14.2 Å². The van der Waals surface area contributed by atoms with Crippen molar-refractivity contribution < 1.29 is 19.3 Å². The molecule has 1 N–H and O–H groups in total. The van der Waals surface area contributed by atoms with Crippen LogP contribution in [0, 0.1) is 0 Å². The Morgan fingerprint density at radius 3 is 2.88 bits per heavy atom. The summed E-state index contributed by atoms with van der Waals surface area (Å²) in [5, 5.41) is 9.88. The van der Waals surface area contributed by atoms with E-state index in [2.05, 4.69) is 0 Å². The molecule has 4 heteroatoms. The Morgan fingerprint density at radius 2 is 2.19 bits per heavy atom. The minimum absolute atomic E-state index is 0.236. The molecule has 4 nitrogen and oxygen atoms in total. The quantitative estimate of drug-likeness (QED) is 0.841. The molecule has 1 heterocycles. The van der Waals surface area contributed by atoms with E-state index < -0.39 is 5.60 Å². The number of hydrogen-bond acceptors (Lipinski definition) is 4. The van der Waals surface area contributed by atoms with Gasteiger partial charge in [-0.25, -0.2) is 0 Å². The van der Waals surface area contributed by atoms with E-state index in [1.807, 2.05) is 12.1 Å². The number of aliphatic hydroxyl groups is 1. The largest absolute Gasteiger partial charge is 0.493 e. The molecule has 1 saturated carbocycles. The Kier molecular flexibility index (Phi) is 2.01. The minimum Gasteiger partial charge on any atom is -0.493 e. The summed E-state index contributed by atoms with van der Waals surface area (Å²) in [7, 11) is 1.60. The van der Waals surface area contributed by atoms with E-state index in [0.717, 1.165) is 18.4 Å². The smallest absolute Gasteiger partial charge is 0.231 e. The van der Waals surface area contributed by atoms with Crippen molar-refractivity contribution >= 4 is 0 Å². The van der Waals surface area contributed by atoms with Crippen molar-refractivity contribution in [3.63, 3.8) is 0 Å². The number of ether oxygens (including phenoxy) is 3. The molecule has 0 amide bonds. The SMILES string of the molecule is COc1cc(CC2(O)CC2)cc2c1OCO2. The van der Waals surface area contributed by atoms with Crippen LogP contribution in [0.15, 0.2) is 12.1 Å². The molecule has 0 unspecified atom stereocenters. The molecular formula is C12H14O4. The molecule has 0 atom stereocenters. The van der Waals surface area contributed by atoms with Crippen molar-refractivity contribution in [2.75, 3.05) is 13.9 Å². The Morgan fingerprint density at radius 1 is 1.38 bits per heavy atom. The fraction of sp³-hybridized carbons (Fsp3) is 0.500. The summed E-state index contributed by atoms with van der Waals surface area (Å²) in [6, 6.07) is 3.82. The highest BCUT2D eigenvalue weighted by molar-refractivity contribution is 5.55. The molecule has 0 aromatic heterocycles. The molecule has 1 aromatic rings. The fourth-order valence-corrected chi connectivity index (χ4v) is 1.99. The zero-order valence-electron chi connectivity index (χ0n) is 9.16. The molecule has 2 aliphatic rings. The second kappa shape index (κ2) is 3.28. The third-order valence-electron chi connectivity index (χ3n) is 3.08. The topological polar surface area (TPSA) is 47.9 Å². The lowest BCUT2D eigenvalue weighted by Crippen LogP contribution is -2.10. The van der Waals surface area contributed by atoms with E-state index in [1.165, 1.54) is 0 Å². The molecule has 1 aliphatic carbocycles. The summed E-state index contributed by atoms with van der Waals surface area (Å²) < 4.78 is 15.9. The van der Waals surface area contributed by atoms with Crippen LogP contribution in [0.25, 0.3) is 0 Å². The molecule has 1 aromatic carbocycles. The lowest BCUT2D eigenvalue weighted by atomic mass is 10.1. The van der Waals surface area contributed by atoms with Crippen LogP contribution in [0.3, 0.4) is 0 Å². The predicted octanol–water partition coefficient (Wildman–Crippen LogP) is 1.49. The Bertz CT molecular complexity index is 423. The number of benzene rings is 1. The maximum Gasteiger partial charge on any atom is 0.231 e. The Hall–Kier alpha value is -1.42. The highest BCUT2D eigenvalue weighted by atomic mass is 16.7. The zero-order valence-corrected chi connectivity index (χ0v) is 9.16. The summed E-state index contributed by atoms with van der Waals surface area (Å²) in [5.41, 5.74) is 0.528. The Balaban J connectivity index is 1.94. The van der Waals surface area contributed by atoms with Crippen LogP contribution in [0.1, 0.15) is 18.4 Å². The van der Waals surface area contributed by atoms with E-state index >= 15 is 0 Å². The summed E-state index contributed by atoms with van der Waals surface area (Å²) >= 11 is 0. The highest BCUT2D eigenvalue weighted by Gasteiger charge is 2.40. The van der Waals surface area contributed by atoms with E-state index in [4.69, 9.17) is 14.2 Å². The number of fused-ring (bicyclic) bond motifs is 1. The molecule has 16 heavy (non-hydrogen) atoms. The number of rotatable bonds is 3. The molecular weight excluding hydrogens is 208 g/mol. The average molecular weight is 222 g/mol. The first-order valence-electron chi connectivity index (χ1n) is 5.39. The van der Waals surface area contributed by atoms with Crippen molar-refractivity contribution in [1.29, 1.82) is 0 Å². The van der Waals surface area contributed by atoms with E-state index in [1.54, 1.807) is 7.11 Å². The van der Waals surface area contributed by atoms with Gasteiger partial charge in [-0.3, -0.25) is 0 Å². The van der Waals surface area contributed by atoms with Crippen molar-refractivity contribution in [2.45, 2.75) is 24.9 Å². The first-order valence-corrected chi connectivity index (χ1v) is 5.39. The summed E-state index contributed by atoms with van der Waals surface area (Å²) in [6.07, 6.45) is 2.41. The van der Waals surface area contributed by atoms with Gasteiger partial charge in [0.15, 0.2) is 11.5 Å². The summed E-state index contributed by atoms with van der Waals surface area (Å²) in [5.74, 6) is 2.04. The van der Waals surface area contributed by atoms with Crippen LogP contribution in [-0.2, 0) is 6.42 Å². The van der Waals surface area contributed by atoms with Crippen molar-refractivity contribution in [3.8, 4) is 17.2 Å². The van der Waals surface area contributed by atoms with Crippen LogP contribution in [0.5, 0.6) is 17.2 Å².